The molecule has 1 aliphatic rings. The van der Waals surface area contributed by atoms with Gasteiger partial charge in [-0.3, -0.25) is 9.97 Å². The van der Waals surface area contributed by atoms with Crippen molar-refractivity contribution in [2.45, 2.75) is 198 Å². The van der Waals surface area contributed by atoms with Gasteiger partial charge in [0.05, 0.1) is 11.0 Å². The Balaban J connectivity index is -0.000000392. The van der Waals surface area contributed by atoms with Crippen molar-refractivity contribution in [3.63, 3.8) is 0 Å². The molecule has 3 aromatic heterocycles. The molecular weight excluding hydrogens is 1600 g/mol. The van der Waals surface area contributed by atoms with Crippen LogP contribution in [-0.2, 0) is 150 Å². The predicted molar refractivity (Wildman–Crippen MR) is 470 cm³/mol. The molecule has 7 heteroatoms. The van der Waals surface area contributed by atoms with Gasteiger partial charge in [0.1, 0.15) is 0 Å². The molecular formula is C100H133N3Y4-8. The third kappa shape index (κ3) is 31.7. The second-order valence-corrected chi connectivity index (χ2v) is 25.8. The second-order valence-electron chi connectivity index (χ2n) is 25.8. The average Bonchev–Trinajstić information content (AvgIpc) is 1.59. The molecule has 0 saturated heterocycles. The minimum atomic E-state index is 0. The summed E-state index contributed by atoms with van der Waals surface area (Å²) in [4.78, 5) is 9.30. The number of nitrogens with zero attached hydrogens (tertiary/aromatic N) is 3. The molecule has 3 nitrogen and oxygen atoms in total. The van der Waals surface area contributed by atoms with E-state index in [0.717, 1.165) is 22.4 Å². The first-order valence-electron chi connectivity index (χ1n) is 36.7. The number of aryl methyl sites for hydroxylation is 7. The molecule has 568 valence electrons. The Hall–Kier alpha value is -4.76. The summed E-state index contributed by atoms with van der Waals surface area (Å²) in [6.45, 7) is 54.6. The Morgan fingerprint density at radius 3 is 1.21 bits per heavy atom. The molecule has 0 spiro atoms. The maximum Gasteiger partial charge on any atom is 0.0705 e. The van der Waals surface area contributed by atoms with E-state index in [1.807, 2.05) is 76.2 Å². The van der Waals surface area contributed by atoms with Crippen LogP contribution in [0.5, 0.6) is 0 Å². The smallest absolute Gasteiger partial charge is 0.0705 e. The van der Waals surface area contributed by atoms with Crippen LogP contribution in [-0.4, -0.2) is 14.5 Å². The van der Waals surface area contributed by atoms with E-state index in [9.17, 15) is 0 Å². The molecule has 0 bridgehead atoms. The molecule has 4 radical (unpaired) electrons. The Morgan fingerprint density at radius 2 is 0.738 bits per heavy atom. The summed E-state index contributed by atoms with van der Waals surface area (Å²) < 4.78 is 2.28. The summed E-state index contributed by atoms with van der Waals surface area (Å²) in [6.07, 6.45) is 6.70. The summed E-state index contributed by atoms with van der Waals surface area (Å²) in [7, 11) is 2.14. The van der Waals surface area contributed by atoms with Crippen LogP contribution in [0.15, 0.2) is 206 Å². The molecule has 0 unspecified atom stereocenters. The molecule has 0 saturated carbocycles. The maximum absolute atomic E-state index is 4.72. The van der Waals surface area contributed by atoms with Crippen LogP contribution in [0.25, 0.3) is 78.0 Å². The van der Waals surface area contributed by atoms with Crippen LogP contribution in [0.1, 0.15) is 230 Å². The van der Waals surface area contributed by atoms with E-state index in [-0.39, 0.29) is 166 Å². The van der Waals surface area contributed by atoms with E-state index in [1.54, 1.807) is 0 Å². The summed E-state index contributed by atoms with van der Waals surface area (Å²) in [6, 6.07) is 74.5. The van der Waals surface area contributed by atoms with Crippen molar-refractivity contribution in [3.8, 4) is 22.3 Å². The number of hydrogen-bond acceptors (Lipinski definition) is 2. The quantitative estimate of drug-likeness (QED) is 0.107. The fourth-order valence-electron chi connectivity index (χ4n) is 11.6. The average molecular weight is 1730 g/mol. The van der Waals surface area contributed by atoms with Gasteiger partial charge < -0.3 is 34.3 Å². The number of fused-ring (bicyclic) bond motifs is 8. The number of rotatable bonds is 9. The van der Waals surface area contributed by atoms with Crippen molar-refractivity contribution in [3.05, 3.63) is 338 Å². The van der Waals surface area contributed by atoms with E-state index < -0.39 is 0 Å². The van der Waals surface area contributed by atoms with Crippen LogP contribution in [0, 0.1) is 88.0 Å². The molecule has 0 amide bonds. The molecule has 0 N–H and O–H groups in total. The van der Waals surface area contributed by atoms with Gasteiger partial charge in [-0.2, -0.15) is 82.8 Å². The van der Waals surface area contributed by atoms with Crippen molar-refractivity contribution >= 4 is 55.8 Å². The number of aromatic nitrogens is 3. The van der Waals surface area contributed by atoms with Gasteiger partial charge in [-0.1, -0.05) is 287 Å². The van der Waals surface area contributed by atoms with Crippen molar-refractivity contribution in [2.24, 2.45) is 7.05 Å². The number of pyridine rings is 2. The van der Waals surface area contributed by atoms with Crippen molar-refractivity contribution in [1.82, 2.24) is 14.5 Å². The summed E-state index contributed by atoms with van der Waals surface area (Å²) in [5.74, 6) is 5.35. The van der Waals surface area contributed by atoms with Crippen molar-refractivity contribution in [2.75, 3.05) is 0 Å². The first kappa shape index (κ1) is 111. The largest absolute Gasteiger partial charge is 0.358 e. The van der Waals surface area contributed by atoms with E-state index in [1.165, 1.54) is 158 Å². The summed E-state index contributed by atoms with van der Waals surface area (Å²) >= 11 is 0. The van der Waals surface area contributed by atoms with Gasteiger partial charge in [0.2, 0.25) is 0 Å². The number of hydrogen-bond donors (Lipinski definition) is 0. The molecule has 9 aromatic carbocycles. The summed E-state index contributed by atoms with van der Waals surface area (Å²) in [5.41, 5.74) is 28.3. The van der Waals surface area contributed by atoms with Gasteiger partial charge in [-0.25, -0.2) is 0 Å². The first-order chi connectivity index (χ1) is 47.6. The monoisotopic (exact) mass is 1730 g/mol. The topological polar surface area (TPSA) is 30.7 Å². The zero-order valence-electron chi connectivity index (χ0n) is 72.3. The minimum absolute atomic E-state index is 0. The van der Waals surface area contributed by atoms with Crippen LogP contribution < -0.4 is 0 Å². The van der Waals surface area contributed by atoms with Crippen LogP contribution in [0.2, 0.25) is 0 Å². The van der Waals surface area contributed by atoms with Gasteiger partial charge in [0.25, 0.3) is 0 Å². The van der Waals surface area contributed by atoms with E-state index >= 15 is 0 Å². The van der Waals surface area contributed by atoms with Crippen LogP contribution in [0.4, 0.5) is 0 Å². The molecule has 0 fully saturated rings. The third-order valence-corrected chi connectivity index (χ3v) is 17.2. The van der Waals surface area contributed by atoms with Gasteiger partial charge in [0.15, 0.2) is 0 Å². The normalized spacial score (nSPS) is 10.1. The van der Waals surface area contributed by atoms with Crippen LogP contribution in [0.3, 0.4) is 0 Å². The zero-order chi connectivity index (χ0) is 73.7. The van der Waals surface area contributed by atoms with Gasteiger partial charge in [-0.05, 0) is 138 Å². The van der Waals surface area contributed by atoms with Crippen molar-refractivity contribution in [1.29, 1.82) is 0 Å². The van der Waals surface area contributed by atoms with E-state index in [0.29, 0.717) is 0 Å². The fraction of sp³-hybridized carbons (Fsp3) is 0.300. The first-order valence-corrected chi connectivity index (χ1v) is 36.7. The summed E-state index contributed by atoms with van der Waals surface area (Å²) in [5, 5.41) is 5.05. The Morgan fingerprint density at radius 1 is 0.364 bits per heavy atom. The molecule has 13 rings (SSSR count). The maximum atomic E-state index is 4.72. The molecule has 0 atom stereocenters. The Labute approximate surface area is 757 Å². The van der Waals surface area contributed by atoms with Crippen molar-refractivity contribution < 1.29 is 131 Å². The third-order valence-electron chi connectivity index (χ3n) is 17.2. The van der Waals surface area contributed by atoms with Gasteiger partial charge in [-0.15, -0.1) is 38.1 Å². The standard InChI is InChI=1S/C22H19N2.C19H21.C18H20.C17H18N.C10H13.5C2H6.4CH3.4Y/c1-14(2)20-9-8-19-13-17(7-11-22(19)24-20)16-6-10-21-18(12-16)5-4-15(3)23-21;1-12(2)14-7-9-16-15-8-6-13(3)10-17(15)19(4,5)18(16)11-14;1-3-4-16-9-11-18(12-10-16)14-13-17-7-5-15(2)6-8-17;1-11(2)13-6-8-17-15(10-13)14-9-12(3)5-7-16(14)18(17)4;1-8(2)10-6-4-9(3)5-7-10;5*1-2;;;;;;;;/h4-13H,1-3H3;6-11H,1-5H3;5-14H,3-4H2,1-2H3;5-10H,1-4H3;4-7H,1-3H3;5*1-2H3;4*1H3;;;;/q2*-1;;2*-1;;;;;;4*-1;;;;/b;;14-13+;;;;;;;;;;;;;;;. The fourth-order valence-corrected chi connectivity index (χ4v) is 11.6. The Kier molecular flexibility index (Phi) is 58.5. The van der Waals surface area contributed by atoms with Gasteiger partial charge >= 0.3 is 0 Å². The molecule has 3 heterocycles. The minimum Gasteiger partial charge on any atom is -0.358 e. The molecule has 1 aliphatic carbocycles. The zero-order valence-corrected chi connectivity index (χ0v) is 83.7. The predicted octanol–water partition coefficient (Wildman–Crippen LogP) is 30.6. The Bertz CT molecular complexity index is 4420. The van der Waals surface area contributed by atoms with E-state index in [4.69, 9.17) is 4.98 Å². The SMILES string of the molecule is CC.CC.CC.CC.CC.CCCc1ccc(/C=C/c2ccc(C)cc2)cc1.Cc1ccc([C-](C)C)cc1.Cc1ccc2c(c1)C(C)(C)c1cc([C-](C)C)ccc1-2.Cc1ccc2c(c1)c1cc([C-](C)C)ccc1n2C.Cc1ccc2cc(-c3ccc4nc([C-](C)C)ccc4c3)ccc2n1.[CH3-].[CH3-].[CH3-].[CH3-].[Y].[Y].[Y].[Y]. The van der Waals surface area contributed by atoms with E-state index in [2.05, 4.69) is 339 Å². The molecule has 12 aromatic rings. The second kappa shape index (κ2) is 56.4. The number of benzene rings is 9. The molecule has 0 aliphatic heterocycles. The van der Waals surface area contributed by atoms with Crippen LogP contribution >= 0.6 is 0 Å². The molecule has 107 heavy (non-hydrogen) atoms. The van der Waals surface area contributed by atoms with Gasteiger partial charge in [0, 0.05) is 165 Å².